The van der Waals surface area contributed by atoms with Crippen molar-refractivity contribution in [3.63, 3.8) is 0 Å². The lowest BCUT2D eigenvalue weighted by atomic mass is 10.1. The number of hydrogen-bond donors (Lipinski definition) is 2. The second-order valence-corrected chi connectivity index (χ2v) is 9.30. The molecule has 0 unspecified atom stereocenters. The summed E-state index contributed by atoms with van der Waals surface area (Å²) in [6, 6.07) is 8.95. The Bertz CT molecular complexity index is 911. The highest BCUT2D eigenvalue weighted by Gasteiger charge is 2.17. The first-order valence-electron chi connectivity index (χ1n) is 10.6. The molecule has 1 aromatic carbocycles. The predicted octanol–water partition coefficient (Wildman–Crippen LogP) is 4.08. The molecule has 176 valence electrons. The maximum Gasteiger partial charge on any atom is 0.319 e. The topological polar surface area (TPSA) is 101 Å². The summed E-state index contributed by atoms with van der Waals surface area (Å²) >= 11 is 0. The number of carbonyl (C=O) groups excluding carboxylic acids is 1. The number of urea groups is 1. The van der Waals surface area contributed by atoms with Crippen LogP contribution < -0.4 is 10.6 Å². The van der Waals surface area contributed by atoms with Crippen LogP contribution in [0.5, 0.6) is 0 Å². The summed E-state index contributed by atoms with van der Waals surface area (Å²) in [5, 5.41) is 5.55. The molecule has 0 bridgehead atoms. The van der Waals surface area contributed by atoms with E-state index in [4.69, 9.17) is 4.84 Å². The van der Waals surface area contributed by atoms with Crippen molar-refractivity contribution in [2.75, 3.05) is 24.7 Å². The second-order valence-electron chi connectivity index (χ2n) is 7.43. The number of rotatable bonds is 14. The number of unbranched alkanes of at least 4 members (excludes halogenated alkanes) is 5. The fourth-order valence-corrected chi connectivity index (χ4v) is 3.64. The average molecular weight is 467 g/mol. The van der Waals surface area contributed by atoms with Crippen LogP contribution in [0.2, 0.25) is 0 Å². The van der Waals surface area contributed by atoms with Crippen molar-refractivity contribution in [2.24, 2.45) is 0 Å². The minimum Gasteiger partial charge on any atom is -0.338 e. The molecule has 0 spiro atoms. The normalized spacial score (nSPS) is 11.5. The molecule has 2 N–H and O–H groups in total. The Morgan fingerprint density at radius 3 is 2.28 bits per heavy atom. The first-order chi connectivity index (χ1) is 15.3. The summed E-state index contributed by atoms with van der Waals surface area (Å²) < 4.78 is 37.8. The molecule has 8 nitrogen and oxygen atoms in total. The van der Waals surface area contributed by atoms with Crippen LogP contribution in [0.3, 0.4) is 0 Å². The molecule has 2 aromatic rings. The van der Waals surface area contributed by atoms with Crippen molar-refractivity contribution in [2.45, 2.75) is 45.1 Å². The zero-order valence-electron chi connectivity index (χ0n) is 18.3. The standard InChI is InChI=1S/C22H31FN4O4S/c1-32(29,30)27(31-18-19-8-10-20(23)11-9-19)17-7-5-3-2-4-6-14-25-22(28)26-21-12-15-24-16-13-21/h8-13,15-16H,2-7,14,17-18H2,1H3,(H2,24,25,26,28). The summed E-state index contributed by atoms with van der Waals surface area (Å²) in [6.07, 6.45) is 9.72. The largest absolute Gasteiger partial charge is 0.338 e. The molecule has 1 heterocycles. The Kier molecular flexibility index (Phi) is 11.1. The van der Waals surface area contributed by atoms with E-state index < -0.39 is 10.0 Å². The van der Waals surface area contributed by atoms with Crippen molar-refractivity contribution >= 4 is 21.7 Å². The third-order valence-electron chi connectivity index (χ3n) is 4.65. The molecule has 0 fully saturated rings. The van der Waals surface area contributed by atoms with Gasteiger partial charge in [0.25, 0.3) is 0 Å². The van der Waals surface area contributed by atoms with E-state index in [0.29, 0.717) is 24.2 Å². The number of nitrogens with zero attached hydrogens (tertiary/aromatic N) is 2. The van der Waals surface area contributed by atoms with Gasteiger partial charge in [0.05, 0.1) is 12.9 Å². The van der Waals surface area contributed by atoms with Crippen LogP contribution in [0, 0.1) is 5.82 Å². The molecule has 2 rings (SSSR count). The molecule has 0 aliphatic rings. The van der Waals surface area contributed by atoms with E-state index in [-0.39, 0.29) is 25.0 Å². The Labute approximate surface area is 189 Å². The minimum absolute atomic E-state index is 0.0646. The number of sulfonamides is 1. The van der Waals surface area contributed by atoms with Gasteiger partial charge in [0.15, 0.2) is 0 Å². The van der Waals surface area contributed by atoms with Gasteiger partial charge in [0.2, 0.25) is 10.0 Å². The number of halogens is 1. The summed E-state index contributed by atoms with van der Waals surface area (Å²) in [4.78, 5) is 21.1. The number of aromatic nitrogens is 1. The molecule has 0 saturated carbocycles. The zero-order valence-corrected chi connectivity index (χ0v) is 19.1. The number of hydroxylamine groups is 1. The first kappa shape index (κ1) is 25.7. The average Bonchev–Trinajstić information content (AvgIpc) is 2.75. The molecule has 0 radical (unpaired) electrons. The minimum atomic E-state index is -3.49. The van der Waals surface area contributed by atoms with Crippen LogP contribution in [0.15, 0.2) is 48.8 Å². The zero-order chi connectivity index (χ0) is 23.2. The fourth-order valence-electron chi connectivity index (χ4n) is 2.94. The van der Waals surface area contributed by atoms with Crippen molar-refractivity contribution in [3.05, 3.63) is 60.2 Å². The lowest BCUT2D eigenvalue weighted by Crippen LogP contribution is -2.31. The number of amides is 2. The number of pyridine rings is 1. The highest BCUT2D eigenvalue weighted by Crippen LogP contribution is 2.11. The lowest BCUT2D eigenvalue weighted by molar-refractivity contribution is -0.0962. The molecule has 32 heavy (non-hydrogen) atoms. The van der Waals surface area contributed by atoms with Gasteiger partial charge in [-0.2, -0.15) is 0 Å². The van der Waals surface area contributed by atoms with E-state index in [1.165, 1.54) is 12.1 Å². The monoisotopic (exact) mass is 466 g/mol. The van der Waals surface area contributed by atoms with Crippen molar-refractivity contribution in [1.29, 1.82) is 0 Å². The maximum atomic E-state index is 13.0. The Morgan fingerprint density at radius 1 is 1.00 bits per heavy atom. The number of benzene rings is 1. The summed E-state index contributed by atoms with van der Waals surface area (Å²) in [6.45, 7) is 0.932. The van der Waals surface area contributed by atoms with Gasteiger partial charge in [-0.25, -0.2) is 17.6 Å². The number of carbonyl (C=O) groups is 1. The SMILES string of the molecule is CS(=O)(=O)N(CCCCCCCCNC(=O)Nc1ccncc1)OCc1ccc(F)cc1. The van der Waals surface area contributed by atoms with E-state index in [0.717, 1.165) is 42.8 Å². The van der Waals surface area contributed by atoms with Gasteiger partial charge in [-0.1, -0.05) is 42.3 Å². The molecule has 0 saturated heterocycles. The highest BCUT2D eigenvalue weighted by molar-refractivity contribution is 7.88. The van der Waals surface area contributed by atoms with Gasteiger partial charge in [-0.3, -0.25) is 9.82 Å². The van der Waals surface area contributed by atoms with Crippen LogP contribution in [-0.2, 0) is 21.5 Å². The Balaban J connectivity index is 1.53. The van der Waals surface area contributed by atoms with E-state index in [9.17, 15) is 17.6 Å². The quantitative estimate of drug-likeness (QED) is 0.323. The van der Waals surface area contributed by atoms with Gasteiger partial charge < -0.3 is 10.6 Å². The van der Waals surface area contributed by atoms with Gasteiger partial charge in [-0.15, -0.1) is 0 Å². The molecule has 10 heteroatoms. The van der Waals surface area contributed by atoms with Crippen LogP contribution in [0.4, 0.5) is 14.9 Å². The Morgan fingerprint density at radius 2 is 1.62 bits per heavy atom. The lowest BCUT2D eigenvalue weighted by Gasteiger charge is -2.19. The molecular weight excluding hydrogens is 435 g/mol. The van der Waals surface area contributed by atoms with Gasteiger partial charge in [0, 0.05) is 31.2 Å². The van der Waals surface area contributed by atoms with Crippen molar-refractivity contribution in [3.8, 4) is 0 Å². The molecule has 1 aromatic heterocycles. The molecular formula is C22H31FN4O4S. The molecule has 0 aliphatic carbocycles. The van der Waals surface area contributed by atoms with E-state index >= 15 is 0 Å². The number of nitrogens with one attached hydrogen (secondary N) is 2. The summed E-state index contributed by atoms with van der Waals surface area (Å²) in [7, 11) is -3.49. The van der Waals surface area contributed by atoms with Crippen molar-refractivity contribution in [1.82, 2.24) is 14.8 Å². The van der Waals surface area contributed by atoms with Crippen LogP contribution in [0.25, 0.3) is 0 Å². The summed E-state index contributed by atoms with van der Waals surface area (Å²) in [5.41, 5.74) is 1.39. The van der Waals surface area contributed by atoms with E-state index in [1.807, 2.05) is 0 Å². The fraction of sp³-hybridized carbons (Fsp3) is 0.455. The third kappa shape index (κ3) is 10.7. The summed E-state index contributed by atoms with van der Waals surface area (Å²) in [5.74, 6) is -0.349. The van der Waals surface area contributed by atoms with Crippen molar-refractivity contribution < 1.29 is 22.4 Å². The molecule has 0 atom stereocenters. The van der Waals surface area contributed by atoms with Crippen LogP contribution >= 0.6 is 0 Å². The Hall–Kier alpha value is -2.56. The molecule has 0 aliphatic heterocycles. The van der Waals surface area contributed by atoms with Crippen LogP contribution in [-0.4, -0.2) is 43.2 Å². The van der Waals surface area contributed by atoms with Crippen LogP contribution in [0.1, 0.15) is 44.1 Å². The van der Waals surface area contributed by atoms with E-state index in [1.54, 1.807) is 36.7 Å². The smallest absolute Gasteiger partial charge is 0.319 e. The van der Waals surface area contributed by atoms with E-state index in [2.05, 4.69) is 15.6 Å². The second kappa shape index (κ2) is 13.8. The highest BCUT2D eigenvalue weighted by atomic mass is 32.2. The third-order valence-corrected chi connectivity index (χ3v) is 5.68. The first-order valence-corrected chi connectivity index (χ1v) is 12.5. The maximum absolute atomic E-state index is 13.0. The predicted molar refractivity (Wildman–Crippen MR) is 122 cm³/mol. The van der Waals surface area contributed by atoms with Gasteiger partial charge >= 0.3 is 6.03 Å². The molecule has 2 amide bonds. The van der Waals surface area contributed by atoms with Gasteiger partial charge in [0.1, 0.15) is 5.82 Å². The number of anilines is 1. The number of hydrogen-bond acceptors (Lipinski definition) is 5. The van der Waals surface area contributed by atoms with Gasteiger partial charge in [-0.05, 0) is 42.7 Å².